The summed E-state index contributed by atoms with van der Waals surface area (Å²) in [5.74, 6) is 0.994. The van der Waals surface area contributed by atoms with Gasteiger partial charge in [0.15, 0.2) is 0 Å². The van der Waals surface area contributed by atoms with Crippen LogP contribution in [0.4, 0.5) is 0 Å². The maximum Gasteiger partial charge on any atom is 0.0246 e. The highest BCUT2D eigenvalue weighted by Gasteiger charge is 2.27. The average Bonchev–Trinajstić information content (AvgIpc) is 2.43. The van der Waals surface area contributed by atoms with Crippen LogP contribution in [0.3, 0.4) is 0 Å². The van der Waals surface area contributed by atoms with Gasteiger partial charge in [-0.05, 0) is 45.7 Å². The first kappa shape index (κ1) is 17.3. The minimum absolute atomic E-state index is 0.703. The summed E-state index contributed by atoms with van der Waals surface area (Å²) in [5, 5.41) is 3.65. The van der Waals surface area contributed by atoms with E-state index in [-0.39, 0.29) is 0 Å². The first-order chi connectivity index (χ1) is 10.3. The molecule has 2 fully saturated rings. The summed E-state index contributed by atoms with van der Waals surface area (Å²) in [6.45, 7) is 1.34. The molecule has 2 heteroatoms. The number of nitrogens with one attached hydrogen (secondary N) is 1. The third kappa shape index (κ3) is 5.90. The van der Waals surface area contributed by atoms with Crippen molar-refractivity contribution >= 4 is 0 Å². The van der Waals surface area contributed by atoms with Crippen LogP contribution in [-0.2, 0) is 0 Å². The van der Waals surface area contributed by atoms with Gasteiger partial charge in [0, 0.05) is 18.6 Å². The van der Waals surface area contributed by atoms with Crippen LogP contribution in [0.1, 0.15) is 83.5 Å². The lowest BCUT2D eigenvalue weighted by Crippen LogP contribution is -2.49. The van der Waals surface area contributed by atoms with Gasteiger partial charge in [0.2, 0.25) is 0 Å². The van der Waals surface area contributed by atoms with Crippen molar-refractivity contribution < 1.29 is 0 Å². The zero-order valence-corrected chi connectivity index (χ0v) is 14.6. The number of rotatable bonds is 4. The standard InChI is InChI=1S/C19H38N2/c1-20-18-14-9-7-5-3-4-6-8-10-15-19(18)21(2)16-17-12-11-13-17/h17-20H,3-16H2,1-2H3. The van der Waals surface area contributed by atoms with Crippen LogP contribution in [-0.4, -0.2) is 37.6 Å². The highest BCUT2D eigenvalue weighted by atomic mass is 15.2. The predicted molar refractivity (Wildman–Crippen MR) is 92.8 cm³/mol. The molecule has 2 saturated carbocycles. The van der Waals surface area contributed by atoms with Crippen LogP contribution < -0.4 is 5.32 Å². The summed E-state index contributed by atoms with van der Waals surface area (Å²) in [5.41, 5.74) is 0. The molecule has 2 unspecified atom stereocenters. The van der Waals surface area contributed by atoms with Crippen LogP contribution in [0, 0.1) is 5.92 Å². The Hall–Kier alpha value is -0.0800. The molecule has 2 rings (SSSR count). The average molecular weight is 295 g/mol. The molecule has 0 amide bonds. The summed E-state index contributed by atoms with van der Waals surface area (Å²) in [6, 6.07) is 1.46. The van der Waals surface area contributed by atoms with Gasteiger partial charge >= 0.3 is 0 Å². The Morgan fingerprint density at radius 1 is 0.762 bits per heavy atom. The molecule has 0 aromatic carbocycles. The fraction of sp³-hybridized carbons (Fsp3) is 1.00. The highest BCUT2D eigenvalue weighted by Crippen LogP contribution is 2.29. The van der Waals surface area contributed by atoms with Crippen molar-refractivity contribution in [1.82, 2.24) is 10.2 Å². The first-order valence-electron chi connectivity index (χ1n) is 9.68. The van der Waals surface area contributed by atoms with Crippen molar-refractivity contribution in [2.24, 2.45) is 5.92 Å². The molecule has 21 heavy (non-hydrogen) atoms. The van der Waals surface area contributed by atoms with E-state index in [4.69, 9.17) is 0 Å². The molecule has 0 aliphatic heterocycles. The van der Waals surface area contributed by atoms with Gasteiger partial charge in [0.1, 0.15) is 0 Å². The van der Waals surface area contributed by atoms with E-state index >= 15 is 0 Å². The van der Waals surface area contributed by atoms with E-state index < -0.39 is 0 Å². The molecule has 1 N–H and O–H groups in total. The molecule has 2 atom stereocenters. The SMILES string of the molecule is CNC1CCCCCCCCCCC1N(C)CC1CCC1. The second kappa shape index (κ2) is 9.84. The minimum Gasteiger partial charge on any atom is -0.315 e. The monoisotopic (exact) mass is 294 g/mol. The van der Waals surface area contributed by atoms with Crippen molar-refractivity contribution in [1.29, 1.82) is 0 Å². The lowest BCUT2D eigenvalue weighted by molar-refractivity contribution is 0.124. The van der Waals surface area contributed by atoms with E-state index in [0.29, 0.717) is 6.04 Å². The zero-order valence-electron chi connectivity index (χ0n) is 14.6. The van der Waals surface area contributed by atoms with Gasteiger partial charge in [-0.1, -0.05) is 57.8 Å². The second-order valence-corrected chi connectivity index (χ2v) is 7.60. The Morgan fingerprint density at radius 2 is 1.33 bits per heavy atom. The van der Waals surface area contributed by atoms with E-state index in [1.807, 2.05) is 0 Å². The van der Waals surface area contributed by atoms with Crippen LogP contribution in [0.2, 0.25) is 0 Å². The number of hydrogen-bond donors (Lipinski definition) is 1. The van der Waals surface area contributed by atoms with Gasteiger partial charge in [-0.2, -0.15) is 0 Å². The fourth-order valence-corrected chi connectivity index (χ4v) is 4.25. The molecular weight excluding hydrogens is 256 g/mol. The lowest BCUT2D eigenvalue weighted by Gasteiger charge is -2.39. The van der Waals surface area contributed by atoms with E-state index in [0.717, 1.165) is 12.0 Å². The van der Waals surface area contributed by atoms with Gasteiger partial charge in [-0.3, -0.25) is 0 Å². The molecule has 0 spiro atoms. The van der Waals surface area contributed by atoms with E-state index in [2.05, 4.69) is 24.3 Å². The summed E-state index contributed by atoms with van der Waals surface area (Å²) >= 11 is 0. The Kier molecular flexibility index (Phi) is 8.10. The fourth-order valence-electron chi connectivity index (χ4n) is 4.25. The zero-order chi connectivity index (χ0) is 14.9. The van der Waals surface area contributed by atoms with Crippen molar-refractivity contribution in [2.45, 2.75) is 95.6 Å². The van der Waals surface area contributed by atoms with E-state index in [1.165, 1.54) is 90.0 Å². The molecule has 0 bridgehead atoms. The second-order valence-electron chi connectivity index (χ2n) is 7.60. The van der Waals surface area contributed by atoms with Crippen molar-refractivity contribution in [2.75, 3.05) is 20.6 Å². The normalized spacial score (nSPS) is 30.4. The van der Waals surface area contributed by atoms with Gasteiger partial charge in [0.25, 0.3) is 0 Å². The van der Waals surface area contributed by atoms with Gasteiger partial charge in [0.05, 0.1) is 0 Å². The van der Waals surface area contributed by atoms with Gasteiger partial charge in [-0.25, -0.2) is 0 Å². The number of likely N-dealkylation sites (N-methyl/N-ethyl adjacent to an activating group) is 2. The number of nitrogens with zero attached hydrogens (tertiary/aromatic N) is 1. The van der Waals surface area contributed by atoms with Crippen molar-refractivity contribution in [3.63, 3.8) is 0 Å². The quantitative estimate of drug-likeness (QED) is 0.816. The Bertz CT molecular complexity index is 262. The predicted octanol–water partition coefficient (Wildman–Crippen LogP) is 4.59. The van der Waals surface area contributed by atoms with Crippen LogP contribution >= 0.6 is 0 Å². The molecule has 2 aliphatic carbocycles. The summed E-state index contributed by atoms with van der Waals surface area (Å²) in [4.78, 5) is 2.71. The third-order valence-corrected chi connectivity index (χ3v) is 5.94. The smallest absolute Gasteiger partial charge is 0.0246 e. The van der Waals surface area contributed by atoms with Gasteiger partial charge in [-0.15, -0.1) is 0 Å². The molecule has 2 nitrogen and oxygen atoms in total. The lowest BCUT2D eigenvalue weighted by atomic mass is 9.84. The highest BCUT2D eigenvalue weighted by molar-refractivity contribution is 4.85. The van der Waals surface area contributed by atoms with Gasteiger partial charge < -0.3 is 10.2 Å². The van der Waals surface area contributed by atoms with Crippen LogP contribution in [0.15, 0.2) is 0 Å². The maximum absolute atomic E-state index is 3.65. The molecule has 2 aliphatic rings. The maximum atomic E-state index is 3.65. The molecule has 124 valence electrons. The number of hydrogen-bond acceptors (Lipinski definition) is 2. The Labute approximate surface area is 133 Å². The van der Waals surface area contributed by atoms with Crippen molar-refractivity contribution in [3.05, 3.63) is 0 Å². The Morgan fingerprint density at radius 3 is 1.86 bits per heavy atom. The minimum atomic E-state index is 0.703. The Balaban J connectivity index is 1.88. The topological polar surface area (TPSA) is 15.3 Å². The summed E-state index contributed by atoms with van der Waals surface area (Å²) < 4.78 is 0. The summed E-state index contributed by atoms with van der Waals surface area (Å²) in [7, 11) is 4.57. The molecular formula is C19H38N2. The third-order valence-electron chi connectivity index (χ3n) is 5.94. The van der Waals surface area contributed by atoms with Crippen LogP contribution in [0.5, 0.6) is 0 Å². The largest absolute Gasteiger partial charge is 0.315 e. The molecule has 0 radical (unpaired) electrons. The van der Waals surface area contributed by atoms with Crippen LogP contribution in [0.25, 0.3) is 0 Å². The molecule has 0 heterocycles. The first-order valence-corrected chi connectivity index (χ1v) is 9.68. The van der Waals surface area contributed by atoms with E-state index in [9.17, 15) is 0 Å². The van der Waals surface area contributed by atoms with E-state index in [1.54, 1.807) is 0 Å². The van der Waals surface area contributed by atoms with Crippen molar-refractivity contribution in [3.8, 4) is 0 Å². The molecule has 0 aromatic rings. The molecule has 0 aromatic heterocycles. The summed E-state index contributed by atoms with van der Waals surface area (Å²) in [6.07, 6.45) is 18.8. The molecule has 0 saturated heterocycles.